The molecule has 3 atom stereocenters. The van der Waals surface area contributed by atoms with E-state index in [1.807, 2.05) is 19.9 Å². The van der Waals surface area contributed by atoms with Crippen LogP contribution in [0.1, 0.15) is 42.7 Å². The van der Waals surface area contributed by atoms with Gasteiger partial charge < -0.3 is 29.9 Å². The fourth-order valence-corrected chi connectivity index (χ4v) is 3.23. The smallest absolute Gasteiger partial charge is 0.152 e. The Hall–Kier alpha value is -2.70. The van der Waals surface area contributed by atoms with Gasteiger partial charge in [0.15, 0.2) is 6.10 Å². The number of benzene rings is 2. The number of ether oxygens (including phenoxy) is 2. The second-order valence-electron chi connectivity index (χ2n) is 6.87. The molecule has 2 aromatic rings. The van der Waals surface area contributed by atoms with Gasteiger partial charge in [0.25, 0.3) is 0 Å². The molecule has 0 spiro atoms. The SMILES string of the molecule is COc1cc(O)c(CC=C(C)C)c2c1[C@H](O)[C@H](O)[C@@H](c1ccc(O)cc1)O2. The normalized spacial score (nSPS) is 21.1. The van der Waals surface area contributed by atoms with Gasteiger partial charge in [0, 0.05) is 11.6 Å². The van der Waals surface area contributed by atoms with E-state index in [0.717, 1.165) is 5.57 Å². The number of methoxy groups -OCH3 is 1. The highest BCUT2D eigenvalue weighted by Crippen LogP contribution is 2.50. The minimum atomic E-state index is -1.26. The molecule has 0 fully saturated rings. The molecular formula is C21H24O6. The molecule has 0 bridgehead atoms. The minimum absolute atomic E-state index is 0.00357. The van der Waals surface area contributed by atoms with E-state index in [0.29, 0.717) is 28.9 Å². The molecule has 144 valence electrons. The highest BCUT2D eigenvalue weighted by molar-refractivity contribution is 5.60. The van der Waals surface area contributed by atoms with Gasteiger partial charge in [-0.05, 0) is 38.0 Å². The predicted octanol–water partition coefficient (Wildman–Crippen LogP) is 3.14. The van der Waals surface area contributed by atoms with Crippen molar-refractivity contribution in [2.75, 3.05) is 7.11 Å². The zero-order valence-electron chi connectivity index (χ0n) is 15.5. The zero-order valence-corrected chi connectivity index (χ0v) is 15.5. The molecule has 6 heteroatoms. The van der Waals surface area contributed by atoms with E-state index in [-0.39, 0.29) is 17.2 Å². The summed E-state index contributed by atoms with van der Waals surface area (Å²) >= 11 is 0. The van der Waals surface area contributed by atoms with Crippen LogP contribution in [0.5, 0.6) is 23.0 Å². The molecule has 1 heterocycles. The van der Waals surface area contributed by atoms with Crippen molar-refractivity contribution in [1.82, 2.24) is 0 Å². The molecule has 6 nitrogen and oxygen atoms in total. The topological polar surface area (TPSA) is 99.4 Å². The van der Waals surface area contributed by atoms with Gasteiger partial charge in [-0.15, -0.1) is 0 Å². The first-order chi connectivity index (χ1) is 12.8. The Morgan fingerprint density at radius 2 is 1.81 bits per heavy atom. The van der Waals surface area contributed by atoms with Gasteiger partial charge in [0.2, 0.25) is 0 Å². The van der Waals surface area contributed by atoms with Crippen LogP contribution in [0, 0.1) is 0 Å². The summed E-state index contributed by atoms with van der Waals surface area (Å²) in [4.78, 5) is 0. The lowest BCUT2D eigenvalue weighted by Crippen LogP contribution is -2.35. The molecule has 3 rings (SSSR count). The fraction of sp³-hybridized carbons (Fsp3) is 0.333. The van der Waals surface area contributed by atoms with Crippen molar-refractivity contribution in [3.05, 3.63) is 58.7 Å². The van der Waals surface area contributed by atoms with Crippen molar-refractivity contribution < 1.29 is 29.9 Å². The van der Waals surface area contributed by atoms with E-state index in [1.165, 1.54) is 25.3 Å². The van der Waals surface area contributed by atoms with Gasteiger partial charge in [0.1, 0.15) is 35.2 Å². The van der Waals surface area contributed by atoms with Crippen LogP contribution in [0.4, 0.5) is 0 Å². The van der Waals surface area contributed by atoms with Crippen LogP contribution in [0.25, 0.3) is 0 Å². The molecule has 0 amide bonds. The average Bonchev–Trinajstić information content (AvgIpc) is 2.63. The first kappa shape index (κ1) is 19.1. The molecule has 1 aliphatic rings. The van der Waals surface area contributed by atoms with Gasteiger partial charge in [-0.25, -0.2) is 0 Å². The van der Waals surface area contributed by atoms with Crippen molar-refractivity contribution in [3.8, 4) is 23.0 Å². The molecule has 1 aliphatic heterocycles. The third kappa shape index (κ3) is 3.59. The fourth-order valence-electron chi connectivity index (χ4n) is 3.23. The number of fused-ring (bicyclic) bond motifs is 1. The molecule has 27 heavy (non-hydrogen) atoms. The molecule has 0 aromatic heterocycles. The number of rotatable bonds is 4. The van der Waals surface area contributed by atoms with E-state index in [2.05, 4.69) is 0 Å². The van der Waals surface area contributed by atoms with Crippen molar-refractivity contribution >= 4 is 0 Å². The van der Waals surface area contributed by atoms with E-state index in [9.17, 15) is 20.4 Å². The molecule has 0 saturated carbocycles. The lowest BCUT2D eigenvalue weighted by atomic mass is 9.89. The van der Waals surface area contributed by atoms with E-state index < -0.39 is 18.3 Å². The number of aliphatic hydroxyl groups excluding tert-OH is 2. The lowest BCUT2D eigenvalue weighted by molar-refractivity contribution is -0.0714. The molecule has 0 unspecified atom stereocenters. The number of hydrogen-bond acceptors (Lipinski definition) is 6. The van der Waals surface area contributed by atoms with Crippen LogP contribution >= 0.6 is 0 Å². The van der Waals surface area contributed by atoms with Gasteiger partial charge in [-0.3, -0.25) is 0 Å². The maximum absolute atomic E-state index is 10.8. The standard InChI is InChI=1S/C21H24O6/c1-11(2)4-9-14-15(23)10-16(26-3)17-18(24)19(25)20(27-21(14)17)12-5-7-13(22)8-6-12/h4-8,10,18-20,22-25H,9H2,1-3H3/t18-,19-,20+/m0/s1. The van der Waals surface area contributed by atoms with Crippen LogP contribution in [-0.4, -0.2) is 33.6 Å². The van der Waals surface area contributed by atoms with Crippen molar-refractivity contribution in [2.45, 2.75) is 38.6 Å². The first-order valence-electron chi connectivity index (χ1n) is 8.71. The third-order valence-electron chi connectivity index (χ3n) is 4.69. The van der Waals surface area contributed by atoms with Crippen molar-refractivity contribution in [2.24, 2.45) is 0 Å². The summed E-state index contributed by atoms with van der Waals surface area (Å²) in [6, 6.07) is 7.64. The van der Waals surface area contributed by atoms with Crippen LogP contribution in [0.3, 0.4) is 0 Å². The maximum atomic E-state index is 10.8. The summed E-state index contributed by atoms with van der Waals surface area (Å²) < 4.78 is 11.4. The van der Waals surface area contributed by atoms with Crippen LogP contribution in [-0.2, 0) is 6.42 Å². The molecule has 0 aliphatic carbocycles. The summed E-state index contributed by atoms with van der Waals surface area (Å²) in [6.45, 7) is 3.90. The Morgan fingerprint density at radius 1 is 1.15 bits per heavy atom. The van der Waals surface area contributed by atoms with Crippen molar-refractivity contribution in [1.29, 1.82) is 0 Å². The van der Waals surface area contributed by atoms with Crippen LogP contribution in [0.2, 0.25) is 0 Å². The highest BCUT2D eigenvalue weighted by Gasteiger charge is 2.41. The molecular weight excluding hydrogens is 348 g/mol. The number of phenols is 2. The second-order valence-corrected chi connectivity index (χ2v) is 6.87. The number of allylic oxidation sites excluding steroid dienone is 2. The Morgan fingerprint density at radius 3 is 2.41 bits per heavy atom. The number of aromatic hydroxyl groups is 2. The zero-order chi connectivity index (χ0) is 19.7. The summed E-state index contributed by atoms with van der Waals surface area (Å²) in [6.07, 6.45) is -1.00. The Labute approximate surface area is 157 Å². The Kier molecular flexibility index (Phi) is 5.30. The lowest BCUT2D eigenvalue weighted by Gasteiger charge is -2.36. The molecule has 0 saturated heterocycles. The second kappa shape index (κ2) is 7.50. The van der Waals surface area contributed by atoms with E-state index >= 15 is 0 Å². The number of hydrogen-bond donors (Lipinski definition) is 4. The highest BCUT2D eigenvalue weighted by atomic mass is 16.5. The van der Waals surface area contributed by atoms with E-state index in [4.69, 9.17) is 9.47 Å². The summed E-state index contributed by atoms with van der Waals surface area (Å²) in [5.74, 6) is 0.643. The predicted molar refractivity (Wildman–Crippen MR) is 100 cm³/mol. The van der Waals surface area contributed by atoms with Crippen LogP contribution in [0.15, 0.2) is 42.0 Å². The summed E-state index contributed by atoms with van der Waals surface area (Å²) in [7, 11) is 1.43. The first-order valence-corrected chi connectivity index (χ1v) is 8.71. The molecule has 0 radical (unpaired) electrons. The largest absolute Gasteiger partial charge is 0.508 e. The summed E-state index contributed by atoms with van der Waals surface area (Å²) in [5, 5.41) is 41.4. The molecule has 4 N–H and O–H groups in total. The van der Waals surface area contributed by atoms with Gasteiger partial charge >= 0.3 is 0 Å². The number of aliphatic hydroxyl groups is 2. The Balaban J connectivity index is 2.14. The third-order valence-corrected chi connectivity index (χ3v) is 4.69. The van der Waals surface area contributed by atoms with Crippen LogP contribution < -0.4 is 9.47 Å². The Bertz CT molecular complexity index is 852. The minimum Gasteiger partial charge on any atom is -0.508 e. The molecule has 2 aromatic carbocycles. The van der Waals surface area contributed by atoms with Gasteiger partial charge in [-0.1, -0.05) is 23.8 Å². The average molecular weight is 372 g/mol. The van der Waals surface area contributed by atoms with Gasteiger partial charge in [0.05, 0.1) is 12.7 Å². The van der Waals surface area contributed by atoms with Crippen molar-refractivity contribution in [3.63, 3.8) is 0 Å². The summed E-state index contributed by atoms with van der Waals surface area (Å²) in [5.41, 5.74) is 2.50. The van der Waals surface area contributed by atoms with E-state index in [1.54, 1.807) is 12.1 Å². The maximum Gasteiger partial charge on any atom is 0.152 e. The quantitative estimate of drug-likeness (QED) is 0.616. The number of phenolic OH excluding ortho intramolecular Hbond substituents is 2. The van der Waals surface area contributed by atoms with Gasteiger partial charge in [-0.2, -0.15) is 0 Å². The monoisotopic (exact) mass is 372 g/mol.